The van der Waals surface area contributed by atoms with Crippen LogP contribution in [0.3, 0.4) is 0 Å². The summed E-state index contributed by atoms with van der Waals surface area (Å²) in [6, 6.07) is 8.89. The van der Waals surface area contributed by atoms with Crippen LogP contribution in [0.25, 0.3) is 21.7 Å². The van der Waals surface area contributed by atoms with Gasteiger partial charge in [-0.2, -0.15) is 0 Å². The van der Waals surface area contributed by atoms with E-state index < -0.39 is 23.2 Å². The zero-order chi connectivity index (χ0) is 21.9. The number of H-pyrrole nitrogens is 2. The van der Waals surface area contributed by atoms with Crippen molar-refractivity contribution in [1.29, 1.82) is 0 Å². The number of rotatable bonds is 2. The first-order valence-electron chi connectivity index (χ1n) is 9.82. The molecule has 3 heterocycles. The van der Waals surface area contributed by atoms with Gasteiger partial charge in [0.1, 0.15) is 5.69 Å². The number of halogens is 2. The standard InChI is InChI=1S/C23H19F2N3O3/c1-11-4-3-5-17-12(11)8-18(26-17)23(30)28(2)20-10-31-9-19-21(20)13-6-15(24)16(25)7-14(13)22(29)27-19/h3-8,20,26H,9-10H2,1-2H3,(H,27,29)/t20-/m0/s1. The van der Waals surface area contributed by atoms with Crippen LogP contribution in [0, 0.1) is 18.6 Å². The van der Waals surface area contributed by atoms with E-state index in [1.54, 1.807) is 13.1 Å². The summed E-state index contributed by atoms with van der Waals surface area (Å²) in [5.41, 5.74) is 2.78. The molecule has 2 aromatic heterocycles. The van der Waals surface area contributed by atoms with Crippen molar-refractivity contribution in [3.63, 3.8) is 0 Å². The molecule has 1 aliphatic heterocycles. The van der Waals surface area contributed by atoms with Gasteiger partial charge in [-0.15, -0.1) is 0 Å². The van der Waals surface area contributed by atoms with Gasteiger partial charge in [-0.1, -0.05) is 12.1 Å². The number of fused-ring (bicyclic) bond motifs is 4. The number of benzene rings is 2. The largest absolute Gasteiger partial charge is 0.373 e. The molecule has 8 heteroatoms. The van der Waals surface area contributed by atoms with E-state index in [9.17, 15) is 18.4 Å². The molecule has 1 amide bonds. The fraction of sp³-hybridized carbons (Fsp3) is 0.217. The lowest BCUT2D eigenvalue weighted by atomic mass is 9.95. The predicted octanol–water partition coefficient (Wildman–Crippen LogP) is 3.94. The second-order valence-corrected chi connectivity index (χ2v) is 7.82. The fourth-order valence-electron chi connectivity index (χ4n) is 4.30. The number of pyridine rings is 1. The highest BCUT2D eigenvalue weighted by Crippen LogP contribution is 2.34. The van der Waals surface area contributed by atoms with Crippen molar-refractivity contribution in [1.82, 2.24) is 14.9 Å². The molecule has 6 nitrogen and oxygen atoms in total. The zero-order valence-corrected chi connectivity index (χ0v) is 16.9. The van der Waals surface area contributed by atoms with Crippen molar-refractivity contribution < 1.29 is 18.3 Å². The van der Waals surface area contributed by atoms with E-state index in [-0.39, 0.29) is 29.9 Å². The van der Waals surface area contributed by atoms with E-state index in [1.807, 2.05) is 25.1 Å². The van der Waals surface area contributed by atoms with Crippen LogP contribution in [-0.2, 0) is 11.3 Å². The van der Waals surface area contributed by atoms with E-state index >= 15 is 0 Å². The van der Waals surface area contributed by atoms with Crippen molar-refractivity contribution in [3.8, 4) is 0 Å². The first kappa shape index (κ1) is 19.4. The highest BCUT2D eigenvalue weighted by molar-refractivity contribution is 5.99. The lowest BCUT2D eigenvalue weighted by Gasteiger charge is -2.33. The van der Waals surface area contributed by atoms with E-state index in [1.165, 1.54) is 4.90 Å². The monoisotopic (exact) mass is 423 g/mol. The Morgan fingerprint density at radius 2 is 1.84 bits per heavy atom. The maximum Gasteiger partial charge on any atom is 0.270 e. The molecule has 0 radical (unpaired) electrons. The number of ether oxygens (including phenoxy) is 1. The topological polar surface area (TPSA) is 78.2 Å². The van der Waals surface area contributed by atoms with Crippen molar-refractivity contribution >= 4 is 27.6 Å². The molecule has 5 rings (SSSR count). The van der Waals surface area contributed by atoms with E-state index in [0.717, 1.165) is 28.6 Å². The molecule has 1 atom stereocenters. The Morgan fingerprint density at radius 3 is 2.58 bits per heavy atom. The van der Waals surface area contributed by atoms with Crippen LogP contribution in [-0.4, -0.2) is 34.4 Å². The molecule has 1 aliphatic rings. The first-order valence-corrected chi connectivity index (χ1v) is 9.82. The van der Waals surface area contributed by atoms with Gasteiger partial charge < -0.3 is 19.6 Å². The Hall–Kier alpha value is -3.52. The minimum Gasteiger partial charge on any atom is -0.373 e. The molecule has 2 N–H and O–H groups in total. The van der Waals surface area contributed by atoms with Gasteiger partial charge in [0.15, 0.2) is 11.6 Å². The van der Waals surface area contributed by atoms with Gasteiger partial charge in [0.25, 0.3) is 11.5 Å². The number of aromatic nitrogens is 2. The summed E-state index contributed by atoms with van der Waals surface area (Å²) < 4.78 is 33.4. The van der Waals surface area contributed by atoms with Gasteiger partial charge in [-0.25, -0.2) is 8.78 Å². The summed E-state index contributed by atoms with van der Waals surface area (Å²) in [7, 11) is 1.63. The van der Waals surface area contributed by atoms with E-state index in [0.29, 0.717) is 17.0 Å². The maximum absolute atomic E-state index is 14.1. The van der Waals surface area contributed by atoms with Crippen LogP contribution in [0.4, 0.5) is 8.78 Å². The Balaban J connectivity index is 1.62. The summed E-state index contributed by atoms with van der Waals surface area (Å²) in [5, 5.41) is 1.26. The average Bonchev–Trinajstić information content (AvgIpc) is 3.19. The normalized spacial score (nSPS) is 15.9. The highest BCUT2D eigenvalue weighted by atomic mass is 19.2. The molecule has 31 heavy (non-hydrogen) atoms. The Morgan fingerprint density at radius 1 is 1.10 bits per heavy atom. The molecule has 0 fully saturated rings. The third-order valence-electron chi connectivity index (χ3n) is 5.94. The van der Waals surface area contributed by atoms with Crippen LogP contribution in [0.1, 0.15) is 33.4 Å². The molecule has 0 bridgehead atoms. The van der Waals surface area contributed by atoms with Crippen LogP contribution in [0.2, 0.25) is 0 Å². The number of hydrogen-bond donors (Lipinski definition) is 2. The molecule has 0 aliphatic carbocycles. The van der Waals surface area contributed by atoms with Crippen LogP contribution < -0.4 is 5.56 Å². The number of aryl methyl sites for hydroxylation is 1. The van der Waals surface area contributed by atoms with Gasteiger partial charge in [-0.3, -0.25) is 9.59 Å². The number of amides is 1. The molecule has 0 unspecified atom stereocenters. The van der Waals surface area contributed by atoms with Crippen molar-refractivity contribution in [2.24, 2.45) is 0 Å². The molecule has 2 aromatic carbocycles. The first-order chi connectivity index (χ1) is 14.8. The van der Waals surface area contributed by atoms with Crippen LogP contribution in [0.5, 0.6) is 0 Å². The number of nitrogens with zero attached hydrogens (tertiary/aromatic N) is 1. The Bertz CT molecular complexity index is 1420. The third-order valence-corrected chi connectivity index (χ3v) is 5.94. The fourth-order valence-corrected chi connectivity index (χ4v) is 4.30. The molecule has 0 saturated carbocycles. The number of aromatic amines is 2. The van der Waals surface area contributed by atoms with Gasteiger partial charge >= 0.3 is 0 Å². The second-order valence-electron chi connectivity index (χ2n) is 7.82. The smallest absolute Gasteiger partial charge is 0.270 e. The van der Waals surface area contributed by atoms with E-state index in [2.05, 4.69) is 9.97 Å². The SMILES string of the molecule is Cc1cccc2[nH]c(C(=O)N(C)[C@H]3COCc4[nH]c(=O)c5cc(F)c(F)cc5c43)cc12. The van der Waals surface area contributed by atoms with Gasteiger partial charge in [0.2, 0.25) is 0 Å². The number of nitrogens with one attached hydrogen (secondary N) is 2. The quantitative estimate of drug-likeness (QED) is 0.513. The molecule has 0 saturated heterocycles. The number of carbonyl (C=O) groups excluding carboxylic acids is 1. The minimum absolute atomic E-state index is 0.0339. The highest BCUT2D eigenvalue weighted by Gasteiger charge is 2.32. The average molecular weight is 423 g/mol. The molecular formula is C23H19F2N3O3. The molecule has 158 valence electrons. The molecule has 4 aromatic rings. The summed E-state index contributed by atoms with van der Waals surface area (Å²) in [6.45, 7) is 2.24. The summed E-state index contributed by atoms with van der Waals surface area (Å²) >= 11 is 0. The van der Waals surface area contributed by atoms with Crippen molar-refractivity contribution in [2.45, 2.75) is 19.6 Å². The summed E-state index contributed by atoms with van der Waals surface area (Å²) in [5.74, 6) is -2.43. The van der Waals surface area contributed by atoms with Gasteiger partial charge in [0.05, 0.1) is 24.6 Å². The molecule has 0 spiro atoms. The lowest BCUT2D eigenvalue weighted by molar-refractivity contribution is 0.0333. The van der Waals surface area contributed by atoms with Crippen molar-refractivity contribution in [2.75, 3.05) is 13.7 Å². The Kier molecular flexibility index (Phi) is 4.40. The number of carbonyl (C=O) groups is 1. The number of likely N-dealkylation sites (N-methyl/N-ethyl adjacent to an activating group) is 1. The summed E-state index contributed by atoms with van der Waals surface area (Å²) in [6.07, 6.45) is 0. The van der Waals surface area contributed by atoms with Gasteiger partial charge in [0, 0.05) is 29.2 Å². The van der Waals surface area contributed by atoms with Crippen molar-refractivity contribution in [3.05, 3.63) is 80.9 Å². The molecular weight excluding hydrogens is 404 g/mol. The third kappa shape index (κ3) is 3.02. The zero-order valence-electron chi connectivity index (χ0n) is 16.9. The predicted molar refractivity (Wildman–Crippen MR) is 112 cm³/mol. The van der Waals surface area contributed by atoms with E-state index in [4.69, 9.17) is 4.74 Å². The Labute approximate surface area is 175 Å². The number of hydrogen-bond acceptors (Lipinski definition) is 3. The second kappa shape index (κ2) is 7.02. The minimum atomic E-state index is -1.10. The van der Waals surface area contributed by atoms with Crippen LogP contribution in [0.15, 0.2) is 41.2 Å². The van der Waals surface area contributed by atoms with Gasteiger partial charge in [-0.05, 0) is 42.1 Å². The lowest BCUT2D eigenvalue weighted by Crippen LogP contribution is -2.37. The summed E-state index contributed by atoms with van der Waals surface area (Å²) in [4.78, 5) is 33.0. The van der Waals surface area contributed by atoms with Crippen LogP contribution >= 0.6 is 0 Å². The maximum atomic E-state index is 14.1.